The van der Waals surface area contributed by atoms with Crippen LogP contribution in [0.3, 0.4) is 0 Å². The Morgan fingerprint density at radius 3 is 2.62 bits per heavy atom. The molecule has 1 heterocycles. The topological polar surface area (TPSA) is 54.7 Å². The Kier molecular flexibility index (Phi) is 5.37. The number of hydrogen-bond acceptors (Lipinski definition) is 2. The fourth-order valence-electron chi connectivity index (χ4n) is 1.56. The smallest absolute Gasteiger partial charge is 0.0525 e. The van der Waals surface area contributed by atoms with Gasteiger partial charge in [0, 0.05) is 6.54 Å². The molecule has 0 bridgehead atoms. The second-order valence-electron chi connectivity index (χ2n) is 3.14. The highest BCUT2D eigenvalue weighted by Crippen LogP contribution is 2.37. The third-order valence-electron chi connectivity index (χ3n) is 2.50. The maximum Gasteiger partial charge on any atom is 0.0525 e. The number of aromatic nitrogens is 2. The number of nitrogens with zero attached hydrogens (tertiary/aromatic N) is 1. The summed E-state index contributed by atoms with van der Waals surface area (Å²) in [6.45, 7) is 0.589. The van der Waals surface area contributed by atoms with Crippen molar-refractivity contribution in [1.82, 2.24) is 10.2 Å². The summed E-state index contributed by atoms with van der Waals surface area (Å²) >= 11 is 0. The molecule has 0 aliphatic heterocycles. The minimum absolute atomic E-state index is 0. The number of aromatic amines is 1. The van der Waals surface area contributed by atoms with E-state index in [2.05, 4.69) is 10.2 Å². The van der Waals surface area contributed by atoms with Crippen molar-refractivity contribution in [3.05, 3.63) is 17.5 Å². The van der Waals surface area contributed by atoms with E-state index in [1.54, 1.807) is 0 Å². The highest BCUT2D eigenvalue weighted by Gasteiger charge is 2.22. The van der Waals surface area contributed by atoms with Crippen molar-refractivity contribution in [3.8, 4) is 0 Å². The largest absolute Gasteiger partial charge is 0.325 e. The van der Waals surface area contributed by atoms with Gasteiger partial charge in [0.05, 0.1) is 11.9 Å². The van der Waals surface area contributed by atoms with Crippen LogP contribution >= 0.6 is 24.8 Å². The van der Waals surface area contributed by atoms with E-state index in [-0.39, 0.29) is 24.8 Å². The Labute approximate surface area is 90.3 Å². The van der Waals surface area contributed by atoms with Crippen molar-refractivity contribution in [2.75, 3.05) is 0 Å². The van der Waals surface area contributed by atoms with Crippen LogP contribution in [0.1, 0.15) is 36.4 Å². The van der Waals surface area contributed by atoms with E-state index in [4.69, 9.17) is 5.73 Å². The van der Waals surface area contributed by atoms with Crippen LogP contribution in [0.5, 0.6) is 0 Å². The van der Waals surface area contributed by atoms with Crippen molar-refractivity contribution in [2.24, 2.45) is 5.73 Å². The Morgan fingerprint density at radius 1 is 1.46 bits per heavy atom. The van der Waals surface area contributed by atoms with E-state index in [0.29, 0.717) is 6.54 Å². The molecule has 5 heteroatoms. The molecule has 0 saturated heterocycles. The van der Waals surface area contributed by atoms with E-state index < -0.39 is 0 Å². The average molecular weight is 224 g/mol. The van der Waals surface area contributed by atoms with Gasteiger partial charge in [0.15, 0.2) is 0 Å². The summed E-state index contributed by atoms with van der Waals surface area (Å²) < 4.78 is 0. The number of rotatable bonds is 2. The number of halogens is 2. The lowest BCUT2D eigenvalue weighted by molar-refractivity contribution is 0.417. The lowest BCUT2D eigenvalue weighted by Gasteiger charge is -2.24. The fourth-order valence-corrected chi connectivity index (χ4v) is 1.56. The lowest BCUT2D eigenvalue weighted by atomic mass is 9.80. The molecule has 0 atom stereocenters. The monoisotopic (exact) mass is 223 g/mol. The fraction of sp³-hybridized carbons (Fsp3) is 0.625. The van der Waals surface area contributed by atoms with E-state index in [1.807, 2.05) is 6.20 Å². The molecule has 1 aromatic heterocycles. The number of hydrogen-bond donors (Lipinski definition) is 2. The maximum absolute atomic E-state index is 5.54. The standard InChI is InChI=1S/C8H13N3.2ClH/c9-4-8-7(5-10-11-8)6-2-1-3-6;;/h5-6H,1-4,9H2,(H,10,11);2*1H. The van der Waals surface area contributed by atoms with Crippen LogP contribution in [0, 0.1) is 0 Å². The molecule has 0 spiro atoms. The minimum Gasteiger partial charge on any atom is -0.325 e. The van der Waals surface area contributed by atoms with Crippen LogP contribution in [-0.4, -0.2) is 10.2 Å². The van der Waals surface area contributed by atoms with Crippen LogP contribution in [0.25, 0.3) is 0 Å². The van der Waals surface area contributed by atoms with Crippen LogP contribution in [-0.2, 0) is 6.54 Å². The van der Waals surface area contributed by atoms with E-state index in [1.165, 1.54) is 24.8 Å². The van der Waals surface area contributed by atoms with Gasteiger partial charge in [-0.1, -0.05) is 6.42 Å². The highest BCUT2D eigenvalue weighted by molar-refractivity contribution is 5.85. The molecule has 0 aromatic carbocycles. The van der Waals surface area contributed by atoms with Gasteiger partial charge in [-0.15, -0.1) is 24.8 Å². The molecule has 13 heavy (non-hydrogen) atoms. The molecular weight excluding hydrogens is 209 g/mol. The molecule has 0 unspecified atom stereocenters. The summed E-state index contributed by atoms with van der Waals surface area (Å²) in [5.41, 5.74) is 8.01. The van der Waals surface area contributed by atoms with Crippen molar-refractivity contribution >= 4 is 24.8 Å². The average Bonchev–Trinajstić information content (AvgIpc) is 2.32. The zero-order valence-corrected chi connectivity index (χ0v) is 8.96. The molecule has 1 aromatic rings. The summed E-state index contributed by atoms with van der Waals surface area (Å²) in [6.07, 6.45) is 5.91. The molecule has 1 aliphatic carbocycles. The molecule has 0 radical (unpaired) electrons. The molecule has 1 fully saturated rings. The third kappa shape index (κ3) is 2.36. The zero-order chi connectivity index (χ0) is 7.68. The quantitative estimate of drug-likeness (QED) is 0.806. The second kappa shape index (κ2) is 5.47. The van der Waals surface area contributed by atoms with Gasteiger partial charge in [-0.05, 0) is 24.3 Å². The van der Waals surface area contributed by atoms with Gasteiger partial charge >= 0.3 is 0 Å². The van der Waals surface area contributed by atoms with Crippen LogP contribution in [0.4, 0.5) is 0 Å². The summed E-state index contributed by atoms with van der Waals surface area (Å²) in [5.74, 6) is 0.743. The van der Waals surface area contributed by atoms with E-state index in [9.17, 15) is 0 Å². The highest BCUT2D eigenvalue weighted by atomic mass is 35.5. The first-order valence-electron chi connectivity index (χ1n) is 4.14. The summed E-state index contributed by atoms with van der Waals surface area (Å²) in [6, 6.07) is 0. The van der Waals surface area contributed by atoms with Gasteiger partial charge in [0.2, 0.25) is 0 Å². The predicted molar refractivity (Wildman–Crippen MR) is 57.6 cm³/mol. The first-order valence-corrected chi connectivity index (χ1v) is 4.14. The first kappa shape index (κ1) is 12.8. The van der Waals surface area contributed by atoms with Crippen molar-refractivity contribution < 1.29 is 0 Å². The van der Waals surface area contributed by atoms with Crippen LogP contribution in [0.15, 0.2) is 6.20 Å². The van der Waals surface area contributed by atoms with Gasteiger partial charge < -0.3 is 5.73 Å². The van der Waals surface area contributed by atoms with Crippen LogP contribution in [0.2, 0.25) is 0 Å². The van der Waals surface area contributed by atoms with Crippen molar-refractivity contribution in [1.29, 1.82) is 0 Å². The molecule has 76 valence electrons. The van der Waals surface area contributed by atoms with Crippen molar-refractivity contribution in [3.63, 3.8) is 0 Å². The summed E-state index contributed by atoms with van der Waals surface area (Å²) in [7, 11) is 0. The molecular formula is C8H15Cl2N3. The zero-order valence-electron chi connectivity index (χ0n) is 7.32. The van der Waals surface area contributed by atoms with Gasteiger partial charge in [-0.3, -0.25) is 5.10 Å². The van der Waals surface area contributed by atoms with Gasteiger partial charge in [0.25, 0.3) is 0 Å². The van der Waals surface area contributed by atoms with E-state index >= 15 is 0 Å². The molecule has 1 aliphatic rings. The lowest BCUT2D eigenvalue weighted by Crippen LogP contribution is -2.11. The van der Waals surface area contributed by atoms with Gasteiger partial charge in [-0.2, -0.15) is 5.10 Å². The second-order valence-corrected chi connectivity index (χ2v) is 3.14. The molecule has 3 nitrogen and oxygen atoms in total. The van der Waals surface area contributed by atoms with Gasteiger partial charge in [0.1, 0.15) is 0 Å². The predicted octanol–water partition coefficient (Wildman–Crippen LogP) is 1.98. The third-order valence-corrected chi connectivity index (χ3v) is 2.50. The SMILES string of the molecule is Cl.Cl.NCc1[nH]ncc1C1CCC1. The molecule has 2 rings (SSSR count). The Hall–Kier alpha value is -0.250. The van der Waals surface area contributed by atoms with Gasteiger partial charge in [-0.25, -0.2) is 0 Å². The summed E-state index contributed by atoms with van der Waals surface area (Å²) in [5, 5.41) is 6.92. The van der Waals surface area contributed by atoms with Crippen molar-refractivity contribution in [2.45, 2.75) is 31.7 Å². The first-order chi connectivity index (χ1) is 5.42. The normalized spacial score (nSPS) is 15.5. The molecule has 0 amide bonds. The van der Waals surface area contributed by atoms with E-state index in [0.717, 1.165) is 11.6 Å². The number of nitrogens with two attached hydrogens (primary N) is 1. The Balaban J connectivity index is 0.000000720. The summed E-state index contributed by atoms with van der Waals surface area (Å²) in [4.78, 5) is 0. The number of nitrogens with one attached hydrogen (secondary N) is 1. The number of H-pyrrole nitrogens is 1. The van der Waals surface area contributed by atoms with Crippen LogP contribution < -0.4 is 5.73 Å². The Morgan fingerprint density at radius 2 is 2.15 bits per heavy atom. The minimum atomic E-state index is 0. The molecule has 1 saturated carbocycles. The maximum atomic E-state index is 5.54. The Bertz CT molecular complexity index is 245. The molecule has 3 N–H and O–H groups in total.